The third kappa shape index (κ3) is 4.66. The number of aliphatic hydroxyl groups excluding tert-OH is 1. The topological polar surface area (TPSA) is 104 Å². The van der Waals surface area contributed by atoms with Crippen LogP contribution in [-0.2, 0) is 6.54 Å². The van der Waals surface area contributed by atoms with E-state index in [0.29, 0.717) is 17.7 Å². The largest absolute Gasteiger partial charge is 0.478 e. The zero-order valence-electron chi connectivity index (χ0n) is 21.5. The van der Waals surface area contributed by atoms with E-state index in [9.17, 15) is 20.4 Å². The van der Waals surface area contributed by atoms with Gasteiger partial charge in [-0.2, -0.15) is 0 Å². The first-order valence-electron chi connectivity index (χ1n) is 13.3. The highest BCUT2D eigenvalue weighted by Crippen LogP contribution is 2.40. The van der Waals surface area contributed by atoms with Crippen molar-refractivity contribution in [2.24, 2.45) is 0 Å². The average Bonchev–Trinajstić information content (AvgIpc) is 3.30. The van der Waals surface area contributed by atoms with Crippen molar-refractivity contribution >= 4 is 17.0 Å². The Bertz CT molecular complexity index is 1680. The molecule has 0 bridgehead atoms. The van der Waals surface area contributed by atoms with Gasteiger partial charge in [0.1, 0.15) is 11.1 Å². The summed E-state index contributed by atoms with van der Waals surface area (Å²) in [5, 5.41) is 29.6. The minimum atomic E-state index is -0.954. The number of benzene rings is 3. The second-order valence-corrected chi connectivity index (χ2v) is 10.2. The van der Waals surface area contributed by atoms with Gasteiger partial charge < -0.3 is 19.3 Å². The fraction of sp³-hybridized carbons (Fsp3) is 0.219. The fourth-order valence-electron chi connectivity index (χ4n) is 5.75. The van der Waals surface area contributed by atoms with E-state index in [4.69, 9.17) is 4.98 Å². The van der Waals surface area contributed by atoms with E-state index in [-0.39, 0.29) is 17.7 Å². The zero-order valence-corrected chi connectivity index (χ0v) is 21.5. The Morgan fingerprint density at radius 2 is 1.49 bits per heavy atom. The SMILES string of the molecule is N=c1c2c(-c3ccccc3)c(-c3ccccc3)n(Cc3ccc(C(=O)O)cc3)c2ncn1[C@H]1CC[C@H](O)CC1. The number of aromatic nitrogens is 3. The third-order valence-electron chi connectivity index (χ3n) is 7.75. The summed E-state index contributed by atoms with van der Waals surface area (Å²) in [4.78, 5) is 16.4. The number of fused-ring (bicyclic) bond motifs is 1. The molecule has 7 nitrogen and oxygen atoms in total. The molecule has 7 heteroatoms. The predicted molar refractivity (Wildman–Crippen MR) is 150 cm³/mol. The molecule has 1 saturated carbocycles. The monoisotopic (exact) mass is 518 g/mol. The highest BCUT2D eigenvalue weighted by molar-refractivity contribution is 6.02. The Morgan fingerprint density at radius 1 is 0.872 bits per heavy atom. The molecule has 0 aliphatic heterocycles. The molecule has 39 heavy (non-hydrogen) atoms. The van der Waals surface area contributed by atoms with Crippen LogP contribution in [0.3, 0.4) is 0 Å². The molecule has 0 spiro atoms. The van der Waals surface area contributed by atoms with Gasteiger partial charge in [0.05, 0.1) is 29.1 Å². The second-order valence-electron chi connectivity index (χ2n) is 10.2. The highest BCUT2D eigenvalue weighted by atomic mass is 16.4. The Hall–Kier alpha value is -4.49. The van der Waals surface area contributed by atoms with E-state index in [1.807, 2.05) is 53.1 Å². The van der Waals surface area contributed by atoms with Gasteiger partial charge in [-0.25, -0.2) is 9.78 Å². The molecule has 196 valence electrons. The quantitative estimate of drug-likeness (QED) is 0.261. The summed E-state index contributed by atoms with van der Waals surface area (Å²) in [7, 11) is 0. The van der Waals surface area contributed by atoms with Crippen LogP contribution in [0.2, 0.25) is 0 Å². The second kappa shape index (κ2) is 10.3. The summed E-state index contributed by atoms with van der Waals surface area (Å²) in [5.74, 6) is -0.954. The number of nitrogens with zero attached hydrogens (tertiary/aromatic N) is 3. The van der Waals surface area contributed by atoms with Crippen LogP contribution in [0.1, 0.15) is 47.6 Å². The molecule has 2 aromatic heterocycles. The molecule has 1 aliphatic carbocycles. The molecule has 3 N–H and O–H groups in total. The van der Waals surface area contributed by atoms with E-state index >= 15 is 0 Å². The van der Waals surface area contributed by atoms with Crippen LogP contribution in [0, 0.1) is 5.41 Å². The fourth-order valence-corrected chi connectivity index (χ4v) is 5.75. The number of aromatic carboxylic acids is 1. The van der Waals surface area contributed by atoms with Crippen LogP contribution in [0.4, 0.5) is 0 Å². The molecule has 2 heterocycles. The Morgan fingerprint density at radius 3 is 2.10 bits per heavy atom. The normalized spacial score (nSPS) is 17.4. The summed E-state index contributed by atoms with van der Waals surface area (Å²) in [6, 6.07) is 27.3. The number of carboxylic acids is 1. The lowest BCUT2D eigenvalue weighted by molar-refractivity contribution is 0.0697. The molecule has 1 aliphatic rings. The van der Waals surface area contributed by atoms with Crippen molar-refractivity contribution in [3.8, 4) is 22.4 Å². The van der Waals surface area contributed by atoms with Gasteiger partial charge in [-0.05, 0) is 54.5 Å². The lowest BCUT2D eigenvalue weighted by Gasteiger charge is -2.27. The van der Waals surface area contributed by atoms with E-state index in [1.165, 1.54) is 0 Å². The van der Waals surface area contributed by atoms with E-state index < -0.39 is 5.97 Å². The van der Waals surface area contributed by atoms with Crippen molar-refractivity contribution in [3.05, 3.63) is 108 Å². The predicted octanol–water partition coefficient (Wildman–Crippen LogP) is 5.87. The maximum Gasteiger partial charge on any atom is 0.335 e. The highest BCUT2D eigenvalue weighted by Gasteiger charge is 2.26. The van der Waals surface area contributed by atoms with E-state index in [0.717, 1.165) is 59.0 Å². The molecule has 0 atom stereocenters. The van der Waals surface area contributed by atoms with Crippen LogP contribution in [0.5, 0.6) is 0 Å². The first-order valence-corrected chi connectivity index (χ1v) is 13.3. The van der Waals surface area contributed by atoms with Gasteiger partial charge in [-0.15, -0.1) is 0 Å². The van der Waals surface area contributed by atoms with Gasteiger partial charge >= 0.3 is 5.97 Å². The number of nitrogens with one attached hydrogen (secondary N) is 1. The smallest absolute Gasteiger partial charge is 0.335 e. The van der Waals surface area contributed by atoms with Crippen molar-refractivity contribution in [2.75, 3.05) is 0 Å². The van der Waals surface area contributed by atoms with Gasteiger partial charge in [-0.3, -0.25) is 5.41 Å². The number of carbonyl (C=O) groups is 1. The summed E-state index contributed by atoms with van der Waals surface area (Å²) in [5.41, 5.74) is 6.27. The Kier molecular flexibility index (Phi) is 6.59. The molecule has 0 radical (unpaired) electrons. The third-order valence-corrected chi connectivity index (χ3v) is 7.75. The number of hydrogen-bond acceptors (Lipinski definition) is 4. The summed E-state index contributed by atoms with van der Waals surface area (Å²) >= 11 is 0. The number of hydrogen-bond donors (Lipinski definition) is 3. The van der Waals surface area contributed by atoms with E-state index in [1.54, 1.807) is 18.5 Å². The van der Waals surface area contributed by atoms with Crippen LogP contribution in [0.25, 0.3) is 33.4 Å². The molecule has 6 rings (SSSR count). The van der Waals surface area contributed by atoms with E-state index in [2.05, 4.69) is 28.8 Å². The molecular weight excluding hydrogens is 488 g/mol. The first-order chi connectivity index (χ1) is 19.0. The number of aliphatic hydroxyl groups is 1. The van der Waals surface area contributed by atoms with Crippen molar-refractivity contribution < 1.29 is 15.0 Å². The van der Waals surface area contributed by atoms with Crippen molar-refractivity contribution in [1.29, 1.82) is 5.41 Å². The van der Waals surface area contributed by atoms with Crippen molar-refractivity contribution in [1.82, 2.24) is 14.1 Å². The number of carboxylic acid groups (broad SMARTS) is 1. The van der Waals surface area contributed by atoms with Gasteiger partial charge in [0.15, 0.2) is 0 Å². The summed E-state index contributed by atoms with van der Waals surface area (Å²) in [6.45, 7) is 0.472. The van der Waals surface area contributed by atoms with Crippen molar-refractivity contribution in [2.45, 2.75) is 44.4 Å². The molecule has 0 saturated heterocycles. The van der Waals surface area contributed by atoms with Crippen molar-refractivity contribution in [3.63, 3.8) is 0 Å². The van der Waals surface area contributed by atoms with Gasteiger partial charge in [0, 0.05) is 18.2 Å². The molecule has 1 fully saturated rings. The standard InChI is InChI=1S/C32H30N4O3/c33-30-28-27(22-7-3-1-4-8-22)29(23-9-5-2-6-10-23)35(19-21-11-13-24(14-12-21)32(38)39)31(28)34-20-36(30)25-15-17-26(37)18-16-25/h1-14,20,25-26,33,37H,15-19H2,(H,38,39)/t25-,26-. The van der Waals surface area contributed by atoms with Gasteiger partial charge in [-0.1, -0.05) is 72.8 Å². The van der Waals surface area contributed by atoms with Crippen LogP contribution < -0.4 is 5.49 Å². The molecule has 3 aromatic carbocycles. The zero-order chi connectivity index (χ0) is 26.9. The van der Waals surface area contributed by atoms with Crippen LogP contribution in [-0.4, -0.2) is 36.4 Å². The van der Waals surface area contributed by atoms with Gasteiger partial charge in [0.25, 0.3) is 0 Å². The molecule has 0 unspecified atom stereocenters. The van der Waals surface area contributed by atoms with Gasteiger partial charge in [0.2, 0.25) is 0 Å². The average molecular weight is 519 g/mol. The summed E-state index contributed by atoms with van der Waals surface area (Å²) < 4.78 is 4.12. The maximum absolute atomic E-state index is 11.4. The minimum Gasteiger partial charge on any atom is -0.478 e. The minimum absolute atomic E-state index is 0.119. The molecule has 5 aromatic rings. The summed E-state index contributed by atoms with van der Waals surface area (Å²) in [6.07, 6.45) is 4.58. The first kappa shape index (κ1) is 24.8. The lowest BCUT2D eigenvalue weighted by Crippen LogP contribution is -2.29. The maximum atomic E-state index is 11.4. The number of rotatable bonds is 6. The van der Waals surface area contributed by atoms with Crippen LogP contribution >= 0.6 is 0 Å². The Labute approximate surface area is 226 Å². The Balaban J connectivity index is 1.62. The molecule has 0 amide bonds. The lowest BCUT2D eigenvalue weighted by atomic mass is 9.93. The van der Waals surface area contributed by atoms with Crippen LogP contribution in [0.15, 0.2) is 91.3 Å². The molecular formula is C32H30N4O3.